The highest BCUT2D eigenvalue weighted by atomic mass is 32.1. The van der Waals surface area contributed by atoms with Crippen LogP contribution in [0.15, 0.2) is 35.7 Å². The van der Waals surface area contributed by atoms with Gasteiger partial charge in [0.15, 0.2) is 5.11 Å². The summed E-state index contributed by atoms with van der Waals surface area (Å²) < 4.78 is 5.46. The molecule has 0 radical (unpaired) electrons. The number of thiocarbonyl (C=S) groups is 1. The maximum Gasteiger partial charge on any atom is 0.173 e. The molecule has 2 aromatic rings. The predicted molar refractivity (Wildman–Crippen MR) is 118 cm³/mol. The highest BCUT2D eigenvalue weighted by Gasteiger charge is 2.16. The van der Waals surface area contributed by atoms with E-state index in [1.807, 2.05) is 0 Å². The van der Waals surface area contributed by atoms with Crippen molar-refractivity contribution < 1.29 is 9.64 Å². The van der Waals surface area contributed by atoms with Crippen molar-refractivity contribution in [3.8, 4) is 0 Å². The van der Waals surface area contributed by atoms with E-state index in [1.165, 1.54) is 22.5 Å². The number of hydrogen-bond donors (Lipinski definition) is 2. The topological polar surface area (TPSA) is 28.9 Å². The summed E-state index contributed by atoms with van der Waals surface area (Å²) in [5.74, 6) is 0. The largest absolute Gasteiger partial charge is 0.370 e. The van der Waals surface area contributed by atoms with Gasteiger partial charge in [-0.15, -0.1) is 11.3 Å². The van der Waals surface area contributed by atoms with E-state index in [0.29, 0.717) is 0 Å². The van der Waals surface area contributed by atoms with Gasteiger partial charge in [0.05, 0.1) is 26.3 Å². The summed E-state index contributed by atoms with van der Waals surface area (Å²) in [6.07, 6.45) is 1.13. The Morgan fingerprint density at radius 1 is 1.22 bits per heavy atom. The van der Waals surface area contributed by atoms with E-state index >= 15 is 0 Å². The number of nitrogens with one attached hydrogen (secondary N) is 2. The number of morpholine rings is 1. The Labute approximate surface area is 172 Å². The molecule has 0 amide bonds. The number of nitrogens with zero attached hydrogens (tertiary/aromatic N) is 1. The fourth-order valence-corrected chi connectivity index (χ4v) is 4.34. The summed E-state index contributed by atoms with van der Waals surface area (Å²) >= 11 is 7.59. The van der Waals surface area contributed by atoms with Crippen molar-refractivity contribution in [3.05, 3.63) is 51.7 Å². The molecule has 4 nitrogen and oxygen atoms in total. The van der Waals surface area contributed by atoms with Crippen molar-refractivity contribution in [2.75, 3.05) is 44.7 Å². The maximum absolute atomic E-state index is 5.80. The van der Waals surface area contributed by atoms with Crippen LogP contribution in [0.3, 0.4) is 0 Å². The van der Waals surface area contributed by atoms with Crippen molar-refractivity contribution in [1.82, 2.24) is 4.90 Å². The molecule has 1 aromatic carbocycles. The number of benzene rings is 1. The third-order valence-corrected chi connectivity index (χ3v) is 6.44. The second kappa shape index (κ2) is 10.2. The van der Waals surface area contributed by atoms with Crippen LogP contribution in [0, 0.1) is 13.8 Å². The molecule has 2 N–H and O–H groups in total. The van der Waals surface area contributed by atoms with Crippen LogP contribution in [0.1, 0.15) is 22.4 Å². The lowest BCUT2D eigenvalue weighted by Gasteiger charge is -2.28. The molecule has 1 saturated heterocycles. The van der Waals surface area contributed by atoms with Crippen molar-refractivity contribution in [2.24, 2.45) is 0 Å². The van der Waals surface area contributed by atoms with Gasteiger partial charge in [-0.05, 0) is 54.7 Å². The van der Waals surface area contributed by atoms with Crippen LogP contribution in [0.4, 0.5) is 5.69 Å². The molecule has 0 unspecified atom stereocenters. The lowest BCUT2D eigenvalue weighted by Crippen LogP contribution is -3.14. The van der Waals surface area contributed by atoms with E-state index in [-0.39, 0.29) is 0 Å². The minimum absolute atomic E-state index is 0.814. The lowest BCUT2D eigenvalue weighted by molar-refractivity contribution is -0.908. The van der Waals surface area contributed by atoms with Gasteiger partial charge in [-0.25, -0.2) is 0 Å². The van der Waals surface area contributed by atoms with Crippen molar-refractivity contribution in [1.29, 1.82) is 0 Å². The highest BCUT2D eigenvalue weighted by Crippen LogP contribution is 2.19. The standard InChI is InChI=1S/C21H29N3OS2/c1-17-6-3-8-20(18(17)2)22-21(26)24(16-19-7-4-15-27-19)10-5-9-23-11-13-25-14-12-23/h3-4,6-8,15H,5,9-14,16H2,1-2H3,(H,22,26)/p+1. The molecule has 2 heterocycles. The van der Waals surface area contributed by atoms with Crippen LogP contribution < -0.4 is 10.2 Å². The molecule has 0 atom stereocenters. The minimum atomic E-state index is 0.814. The van der Waals surface area contributed by atoms with E-state index in [1.54, 1.807) is 16.2 Å². The smallest absolute Gasteiger partial charge is 0.173 e. The van der Waals surface area contributed by atoms with Gasteiger partial charge in [0.2, 0.25) is 0 Å². The highest BCUT2D eigenvalue weighted by molar-refractivity contribution is 7.80. The number of ether oxygens (including phenoxy) is 1. The first-order chi connectivity index (χ1) is 13.1. The Bertz CT molecular complexity index is 727. The zero-order valence-corrected chi connectivity index (χ0v) is 17.9. The Morgan fingerprint density at radius 2 is 2.04 bits per heavy atom. The fraction of sp³-hybridized carbons (Fsp3) is 0.476. The summed E-state index contributed by atoms with van der Waals surface area (Å²) in [6.45, 7) is 11.3. The molecule has 0 spiro atoms. The minimum Gasteiger partial charge on any atom is -0.370 e. The monoisotopic (exact) mass is 404 g/mol. The maximum atomic E-state index is 5.80. The summed E-state index contributed by atoms with van der Waals surface area (Å²) in [6, 6.07) is 10.6. The van der Waals surface area contributed by atoms with Crippen LogP contribution in [-0.4, -0.2) is 49.4 Å². The average Bonchev–Trinajstić information content (AvgIpc) is 3.19. The van der Waals surface area contributed by atoms with Gasteiger partial charge in [0.25, 0.3) is 0 Å². The van der Waals surface area contributed by atoms with Gasteiger partial charge in [-0.3, -0.25) is 0 Å². The van der Waals surface area contributed by atoms with E-state index in [4.69, 9.17) is 17.0 Å². The van der Waals surface area contributed by atoms with E-state index in [9.17, 15) is 0 Å². The van der Waals surface area contributed by atoms with Crippen molar-refractivity contribution in [3.63, 3.8) is 0 Å². The summed E-state index contributed by atoms with van der Waals surface area (Å²) in [5.41, 5.74) is 3.65. The Hall–Kier alpha value is -1.47. The Balaban J connectivity index is 1.61. The number of quaternary nitrogens is 1. The van der Waals surface area contributed by atoms with Crippen molar-refractivity contribution >= 4 is 34.4 Å². The molecular weight excluding hydrogens is 374 g/mol. The molecule has 1 aromatic heterocycles. The molecule has 0 bridgehead atoms. The van der Waals surface area contributed by atoms with E-state index < -0.39 is 0 Å². The molecule has 0 saturated carbocycles. The number of thiophene rings is 1. The molecule has 1 aliphatic heterocycles. The molecule has 0 aliphatic carbocycles. The van der Waals surface area contributed by atoms with Crippen LogP contribution in [0.5, 0.6) is 0 Å². The molecule has 6 heteroatoms. The van der Waals surface area contributed by atoms with Gasteiger partial charge in [0, 0.05) is 23.5 Å². The molecular formula is C21H30N3OS2+. The van der Waals surface area contributed by atoms with E-state index in [0.717, 1.165) is 56.6 Å². The van der Waals surface area contributed by atoms with Crippen LogP contribution in [-0.2, 0) is 11.3 Å². The first kappa shape index (κ1) is 20.3. The van der Waals surface area contributed by atoms with Crippen molar-refractivity contribution in [2.45, 2.75) is 26.8 Å². The first-order valence-corrected chi connectivity index (χ1v) is 11.0. The van der Waals surface area contributed by atoms with E-state index in [2.05, 4.69) is 59.8 Å². The average molecular weight is 405 g/mol. The number of rotatable bonds is 7. The Morgan fingerprint density at radius 3 is 2.78 bits per heavy atom. The zero-order valence-electron chi connectivity index (χ0n) is 16.3. The summed E-state index contributed by atoms with van der Waals surface area (Å²) in [7, 11) is 0. The SMILES string of the molecule is Cc1cccc(NC(=S)N(CCC[NH+]2CCOCC2)Cc2cccs2)c1C. The third kappa shape index (κ3) is 6.01. The quantitative estimate of drug-likeness (QED) is 0.695. The summed E-state index contributed by atoms with van der Waals surface area (Å²) in [4.78, 5) is 5.30. The normalized spacial score (nSPS) is 14.9. The first-order valence-electron chi connectivity index (χ1n) is 9.69. The van der Waals surface area contributed by atoms with Gasteiger partial charge >= 0.3 is 0 Å². The second-order valence-electron chi connectivity index (χ2n) is 7.14. The number of hydrogen-bond acceptors (Lipinski definition) is 3. The third-order valence-electron chi connectivity index (χ3n) is 5.22. The molecule has 27 heavy (non-hydrogen) atoms. The van der Waals surface area contributed by atoms with Crippen LogP contribution in [0.2, 0.25) is 0 Å². The van der Waals surface area contributed by atoms with Crippen LogP contribution >= 0.6 is 23.6 Å². The molecule has 146 valence electrons. The predicted octanol–water partition coefficient (Wildman–Crippen LogP) is 2.87. The van der Waals surface area contributed by atoms with Gasteiger partial charge in [0.1, 0.15) is 13.1 Å². The van der Waals surface area contributed by atoms with Gasteiger partial charge in [-0.1, -0.05) is 18.2 Å². The number of anilines is 1. The lowest BCUT2D eigenvalue weighted by atomic mass is 10.1. The second-order valence-corrected chi connectivity index (χ2v) is 8.56. The summed E-state index contributed by atoms with van der Waals surface area (Å²) in [5, 5.41) is 6.43. The molecule has 3 rings (SSSR count). The number of aryl methyl sites for hydroxylation is 1. The van der Waals surface area contributed by atoms with Gasteiger partial charge < -0.3 is 19.9 Å². The van der Waals surface area contributed by atoms with Gasteiger partial charge in [-0.2, -0.15) is 0 Å². The zero-order chi connectivity index (χ0) is 19.1. The molecule has 1 fully saturated rings. The molecule has 1 aliphatic rings. The van der Waals surface area contributed by atoms with Crippen LogP contribution in [0.25, 0.3) is 0 Å². The Kier molecular flexibility index (Phi) is 7.64. The fourth-order valence-electron chi connectivity index (χ4n) is 3.35.